The van der Waals surface area contributed by atoms with Gasteiger partial charge in [0.1, 0.15) is 12.6 Å². The summed E-state index contributed by atoms with van der Waals surface area (Å²) in [5.74, 6) is 0.131. The summed E-state index contributed by atoms with van der Waals surface area (Å²) >= 11 is 0. The summed E-state index contributed by atoms with van der Waals surface area (Å²) < 4.78 is 23.3. The molecule has 2 heterocycles. The zero-order chi connectivity index (χ0) is 24.2. The molecule has 0 amide bonds. The zero-order valence-corrected chi connectivity index (χ0v) is 19.6. The molecule has 1 aliphatic heterocycles. The average Bonchev–Trinajstić information content (AvgIpc) is 2.74. The molecule has 0 saturated carbocycles. The Hall–Kier alpha value is -3.12. The molecule has 1 saturated heterocycles. The second-order valence-electron chi connectivity index (χ2n) is 8.90. The third-order valence-corrected chi connectivity index (χ3v) is 6.56. The fourth-order valence-corrected chi connectivity index (χ4v) is 4.34. The van der Waals surface area contributed by atoms with Crippen LogP contribution in [0, 0.1) is 15.5 Å². The predicted octanol–water partition coefficient (Wildman–Crippen LogP) is 2.63. The maximum absolute atomic E-state index is 11.8. The SMILES string of the molecule is CC(C)(C=O)CN1CCC(Nc2ncnc(Nc3ccc(S(C)(=O)=O)cc3)c2[N+](=O)[O-])CC1. The molecular formula is C21H28N6O5S. The van der Waals surface area contributed by atoms with Crippen molar-refractivity contribution in [3.63, 3.8) is 0 Å². The molecule has 1 aliphatic rings. The molecule has 0 aliphatic carbocycles. The highest BCUT2D eigenvalue weighted by molar-refractivity contribution is 7.90. The van der Waals surface area contributed by atoms with E-state index >= 15 is 0 Å². The van der Waals surface area contributed by atoms with Gasteiger partial charge in [-0.15, -0.1) is 0 Å². The Morgan fingerprint density at radius 2 is 1.79 bits per heavy atom. The molecule has 2 aromatic rings. The molecule has 11 nitrogen and oxygen atoms in total. The molecule has 1 aromatic heterocycles. The van der Waals surface area contributed by atoms with Crippen LogP contribution in [0.1, 0.15) is 26.7 Å². The van der Waals surface area contributed by atoms with E-state index in [0.29, 0.717) is 12.2 Å². The van der Waals surface area contributed by atoms with Crippen molar-refractivity contribution in [1.82, 2.24) is 14.9 Å². The van der Waals surface area contributed by atoms with E-state index in [-0.39, 0.29) is 28.3 Å². The zero-order valence-electron chi connectivity index (χ0n) is 18.8. The van der Waals surface area contributed by atoms with Gasteiger partial charge in [0.2, 0.25) is 11.6 Å². The van der Waals surface area contributed by atoms with Gasteiger partial charge in [0.25, 0.3) is 0 Å². The minimum atomic E-state index is -3.35. The standard InChI is InChI=1S/C21H28N6O5S/c1-21(2,13-28)12-26-10-8-16(9-11-26)25-20-18(27(29)30)19(22-14-23-20)24-15-4-6-17(7-5-15)33(3,31)32/h4-7,13-14,16H,8-12H2,1-3H3,(H2,22,23,24,25). The second kappa shape index (κ2) is 9.79. The van der Waals surface area contributed by atoms with Crippen molar-refractivity contribution >= 4 is 39.1 Å². The fraction of sp³-hybridized carbons (Fsp3) is 0.476. The molecule has 178 valence electrons. The topological polar surface area (TPSA) is 147 Å². The number of hydrogen-bond acceptors (Lipinski definition) is 10. The van der Waals surface area contributed by atoms with Gasteiger partial charge in [-0.25, -0.2) is 18.4 Å². The van der Waals surface area contributed by atoms with Crippen molar-refractivity contribution in [3.05, 3.63) is 40.7 Å². The van der Waals surface area contributed by atoms with E-state index in [9.17, 15) is 23.3 Å². The van der Waals surface area contributed by atoms with Crippen LogP contribution in [0.15, 0.2) is 35.5 Å². The van der Waals surface area contributed by atoms with Gasteiger partial charge >= 0.3 is 5.69 Å². The Morgan fingerprint density at radius 1 is 1.18 bits per heavy atom. The van der Waals surface area contributed by atoms with Gasteiger partial charge in [-0.1, -0.05) is 13.8 Å². The van der Waals surface area contributed by atoms with E-state index < -0.39 is 20.2 Å². The van der Waals surface area contributed by atoms with E-state index in [0.717, 1.165) is 38.5 Å². The maximum atomic E-state index is 11.8. The Balaban J connectivity index is 1.72. The van der Waals surface area contributed by atoms with Crippen molar-refractivity contribution < 1.29 is 18.1 Å². The number of aldehydes is 1. The van der Waals surface area contributed by atoms with E-state index in [1.165, 1.54) is 30.6 Å². The number of nitrogens with zero attached hydrogens (tertiary/aromatic N) is 4. The minimum Gasteiger partial charge on any atom is -0.361 e. The first kappa shape index (κ1) is 24.5. The monoisotopic (exact) mass is 476 g/mol. The van der Waals surface area contributed by atoms with Crippen LogP contribution in [-0.4, -0.2) is 66.4 Å². The highest BCUT2D eigenvalue weighted by atomic mass is 32.2. The number of rotatable bonds is 9. The summed E-state index contributed by atoms with van der Waals surface area (Å²) in [5.41, 5.74) is -0.235. The molecular weight excluding hydrogens is 448 g/mol. The van der Waals surface area contributed by atoms with Crippen LogP contribution in [0.3, 0.4) is 0 Å². The lowest BCUT2D eigenvalue weighted by molar-refractivity contribution is -0.383. The van der Waals surface area contributed by atoms with Crippen LogP contribution in [-0.2, 0) is 14.6 Å². The smallest absolute Gasteiger partial charge is 0.353 e. The quantitative estimate of drug-likeness (QED) is 0.314. The molecule has 0 unspecified atom stereocenters. The van der Waals surface area contributed by atoms with Gasteiger partial charge in [0, 0.05) is 43.0 Å². The number of carbonyl (C=O) groups excluding carboxylic acids is 1. The molecule has 3 rings (SSSR count). The van der Waals surface area contributed by atoms with Crippen LogP contribution in [0.5, 0.6) is 0 Å². The van der Waals surface area contributed by atoms with Crippen molar-refractivity contribution in [2.24, 2.45) is 5.41 Å². The summed E-state index contributed by atoms with van der Waals surface area (Å²) in [7, 11) is -3.35. The third-order valence-electron chi connectivity index (χ3n) is 5.43. The number of carbonyl (C=O) groups is 1. The summed E-state index contributed by atoms with van der Waals surface area (Å²) in [6.45, 7) is 6.01. The second-order valence-corrected chi connectivity index (χ2v) is 10.9. The Morgan fingerprint density at radius 3 is 2.33 bits per heavy atom. The van der Waals surface area contributed by atoms with Crippen molar-refractivity contribution in [2.45, 2.75) is 37.6 Å². The third kappa shape index (κ3) is 6.45. The summed E-state index contributed by atoms with van der Waals surface area (Å²) in [6, 6.07) is 5.88. The number of hydrogen-bond donors (Lipinski definition) is 2. The van der Waals surface area contributed by atoms with Gasteiger partial charge in [-0.3, -0.25) is 10.1 Å². The normalized spacial score (nSPS) is 15.7. The minimum absolute atomic E-state index is 0.00362. The molecule has 0 spiro atoms. The summed E-state index contributed by atoms with van der Waals surface area (Å²) in [4.78, 5) is 32.9. The van der Waals surface area contributed by atoms with Gasteiger partial charge < -0.3 is 20.3 Å². The number of piperidine rings is 1. The number of sulfone groups is 1. The van der Waals surface area contributed by atoms with Crippen LogP contribution in [0.4, 0.5) is 23.0 Å². The summed E-state index contributed by atoms with van der Waals surface area (Å²) in [5, 5.41) is 17.9. The van der Waals surface area contributed by atoms with Gasteiger partial charge in [-0.2, -0.15) is 0 Å². The molecule has 2 N–H and O–H groups in total. The highest BCUT2D eigenvalue weighted by Crippen LogP contribution is 2.32. The Labute approximate surface area is 192 Å². The molecule has 33 heavy (non-hydrogen) atoms. The number of anilines is 3. The molecule has 12 heteroatoms. The van der Waals surface area contributed by atoms with E-state index in [4.69, 9.17) is 0 Å². The first-order valence-corrected chi connectivity index (χ1v) is 12.4. The number of likely N-dealkylation sites (tertiary alicyclic amines) is 1. The first-order valence-electron chi connectivity index (χ1n) is 10.5. The van der Waals surface area contributed by atoms with Crippen LogP contribution in [0.25, 0.3) is 0 Å². The van der Waals surface area contributed by atoms with E-state index in [2.05, 4.69) is 25.5 Å². The molecule has 1 fully saturated rings. The lowest BCUT2D eigenvalue weighted by Crippen LogP contribution is -2.43. The van der Waals surface area contributed by atoms with Gasteiger partial charge in [-0.05, 0) is 37.1 Å². The maximum Gasteiger partial charge on any atom is 0.353 e. The van der Waals surface area contributed by atoms with Crippen molar-refractivity contribution in [2.75, 3.05) is 36.5 Å². The van der Waals surface area contributed by atoms with Gasteiger partial charge in [0.15, 0.2) is 9.84 Å². The first-order chi connectivity index (χ1) is 15.5. The molecule has 0 atom stereocenters. The molecule has 1 aromatic carbocycles. The number of nitro groups is 1. The highest BCUT2D eigenvalue weighted by Gasteiger charge is 2.29. The van der Waals surface area contributed by atoms with E-state index in [1.807, 2.05) is 13.8 Å². The van der Waals surface area contributed by atoms with Crippen LogP contribution in [0.2, 0.25) is 0 Å². The Bertz CT molecular complexity index is 1110. The Kier molecular flexibility index (Phi) is 7.28. The number of aromatic nitrogens is 2. The number of nitrogens with one attached hydrogen (secondary N) is 2. The molecule has 0 bridgehead atoms. The van der Waals surface area contributed by atoms with Crippen molar-refractivity contribution in [3.8, 4) is 0 Å². The average molecular weight is 477 g/mol. The van der Waals surface area contributed by atoms with Crippen LogP contribution >= 0.6 is 0 Å². The lowest BCUT2D eigenvalue weighted by atomic mass is 9.93. The molecule has 0 radical (unpaired) electrons. The van der Waals surface area contributed by atoms with Crippen LogP contribution < -0.4 is 10.6 Å². The largest absolute Gasteiger partial charge is 0.361 e. The fourth-order valence-electron chi connectivity index (χ4n) is 3.71. The lowest BCUT2D eigenvalue weighted by Gasteiger charge is -2.35. The van der Waals surface area contributed by atoms with Gasteiger partial charge in [0.05, 0.1) is 9.82 Å². The number of benzene rings is 1. The van der Waals surface area contributed by atoms with Crippen molar-refractivity contribution in [1.29, 1.82) is 0 Å². The van der Waals surface area contributed by atoms with E-state index in [1.54, 1.807) is 0 Å². The predicted molar refractivity (Wildman–Crippen MR) is 124 cm³/mol. The summed E-state index contributed by atoms with van der Waals surface area (Å²) in [6.07, 6.45) is 4.82.